The van der Waals surface area contributed by atoms with Gasteiger partial charge in [-0.1, -0.05) is 0 Å². The molecular formula is C12H26N2OS. The molecule has 1 amide bonds. The molecule has 2 N–H and O–H groups in total. The van der Waals surface area contributed by atoms with Crippen molar-refractivity contribution >= 4 is 17.7 Å². The van der Waals surface area contributed by atoms with Crippen molar-refractivity contribution < 1.29 is 4.79 Å². The summed E-state index contributed by atoms with van der Waals surface area (Å²) in [5.74, 6) is 1.24. The minimum atomic E-state index is 0.0880. The summed E-state index contributed by atoms with van der Waals surface area (Å²) in [6, 6.07) is 0.287. The number of hydrogen-bond acceptors (Lipinski definition) is 3. The molecule has 4 heteroatoms. The van der Waals surface area contributed by atoms with Gasteiger partial charge < -0.3 is 10.6 Å². The molecule has 0 heterocycles. The molecule has 0 aromatic rings. The summed E-state index contributed by atoms with van der Waals surface area (Å²) in [7, 11) is 0. The average Bonchev–Trinajstić information content (AvgIpc) is 2.12. The molecule has 0 spiro atoms. The zero-order chi connectivity index (χ0) is 12.6. The second-order valence-corrected chi connectivity index (χ2v) is 6.16. The van der Waals surface area contributed by atoms with Crippen molar-refractivity contribution in [2.75, 3.05) is 18.6 Å². The molecule has 0 rings (SSSR count). The van der Waals surface area contributed by atoms with Crippen LogP contribution in [0.25, 0.3) is 0 Å². The Hall–Kier alpha value is -0.220. The minimum absolute atomic E-state index is 0.0880. The van der Waals surface area contributed by atoms with Crippen LogP contribution in [0.1, 0.15) is 40.5 Å². The molecule has 3 nitrogen and oxygen atoms in total. The van der Waals surface area contributed by atoms with Crippen LogP contribution in [-0.4, -0.2) is 36.0 Å². The van der Waals surface area contributed by atoms with Crippen LogP contribution in [0.5, 0.6) is 0 Å². The van der Waals surface area contributed by atoms with Gasteiger partial charge in [-0.3, -0.25) is 4.79 Å². The lowest BCUT2D eigenvalue weighted by Gasteiger charge is -2.20. The Morgan fingerprint density at radius 3 is 2.50 bits per heavy atom. The Morgan fingerprint density at radius 2 is 2.00 bits per heavy atom. The van der Waals surface area contributed by atoms with Gasteiger partial charge in [-0.05, 0) is 46.1 Å². The summed E-state index contributed by atoms with van der Waals surface area (Å²) in [5, 5.41) is 6.31. The molecule has 0 saturated carbocycles. The molecule has 0 saturated heterocycles. The summed E-state index contributed by atoms with van der Waals surface area (Å²) in [6.45, 7) is 9.11. The third-order valence-corrected chi connectivity index (χ3v) is 2.81. The van der Waals surface area contributed by atoms with E-state index < -0.39 is 0 Å². The van der Waals surface area contributed by atoms with E-state index >= 15 is 0 Å². The highest BCUT2D eigenvalue weighted by Crippen LogP contribution is 2.01. The quantitative estimate of drug-likeness (QED) is 0.722. The topological polar surface area (TPSA) is 41.1 Å². The summed E-state index contributed by atoms with van der Waals surface area (Å²) in [6.07, 6.45) is 3.68. The SMILES string of the molecule is CSCCC(C)NC(=O)CCNC(C)(C)C. The molecule has 0 aliphatic heterocycles. The molecule has 0 aliphatic carbocycles. The van der Waals surface area contributed by atoms with Crippen LogP contribution in [-0.2, 0) is 4.79 Å². The fourth-order valence-corrected chi connectivity index (χ4v) is 1.85. The first-order valence-corrected chi connectivity index (χ1v) is 7.28. The van der Waals surface area contributed by atoms with Crippen molar-refractivity contribution in [3.63, 3.8) is 0 Å². The number of nitrogens with one attached hydrogen (secondary N) is 2. The molecule has 1 atom stereocenters. The fourth-order valence-electron chi connectivity index (χ4n) is 1.26. The zero-order valence-electron chi connectivity index (χ0n) is 11.2. The van der Waals surface area contributed by atoms with Crippen molar-refractivity contribution in [3.05, 3.63) is 0 Å². The largest absolute Gasteiger partial charge is 0.354 e. The van der Waals surface area contributed by atoms with Crippen LogP contribution in [0, 0.1) is 0 Å². The van der Waals surface area contributed by atoms with Crippen LogP contribution < -0.4 is 10.6 Å². The molecule has 16 heavy (non-hydrogen) atoms. The lowest BCUT2D eigenvalue weighted by molar-refractivity contribution is -0.121. The van der Waals surface area contributed by atoms with Crippen LogP contribution in [0.2, 0.25) is 0 Å². The number of carbonyl (C=O) groups excluding carboxylic acids is 1. The van der Waals surface area contributed by atoms with Crippen molar-refractivity contribution in [1.82, 2.24) is 10.6 Å². The Labute approximate surface area is 104 Å². The van der Waals surface area contributed by atoms with Gasteiger partial charge in [0.05, 0.1) is 0 Å². The third-order valence-electron chi connectivity index (χ3n) is 2.17. The number of amides is 1. The highest BCUT2D eigenvalue weighted by atomic mass is 32.2. The normalized spacial score (nSPS) is 13.6. The van der Waals surface area contributed by atoms with E-state index in [1.807, 2.05) is 11.8 Å². The second-order valence-electron chi connectivity index (χ2n) is 5.18. The van der Waals surface area contributed by atoms with Gasteiger partial charge >= 0.3 is 0 Å². The van der Waals surface area contributed by atoms with Gasteiger partial charge in [-0.25, -0.2) is 0 Å². The lowest BCUT2D eigenvalue weighted by atomic mass is 10.1. The minimum Gasteiger partial charge on any atom is -0.354 e. The molecule has 0 aromatic carbocycles. The first kappa shape index (κ1) is 15.8. The number of carbonyl (C=O) groups is 1. The number of rotatable bonds is 7. The first-order valence-electron chi connectivity index (χ1n) is 5.88. The molecule has 0 bridgehead atoms. The van der Waals surface area contributed by atoms with Crippen LogP contribution in [0.3, 0.4) is 0 Å². The molecule has 0 aromatic heterocycles. The number of hydrogen-bond donors (Lipinski definition) is 2. The van der Waals surface area contributed by atoms with E-state index in [-0.39, 0.29) is 17.5 Å². The Balaban J connectivity index is 3.58. The van der Waals surface area contributed by atoms with Crippen molar-refractivity contribution in [2.45, 2.75) is 52.1 Å². The van der Waals surface area contributed by atoms with Crippen molar-refractivity contribution in [1.29, 1.82) is 0 Å². The van der Waals surface area contributed by atoms with E-state index in [1.54, 1.807) is 0 Å². The van der Waals surface area contributed by atoms with Crippen LogP contribution in [0.4, 0.5) is 0 Å². The van der Waals surface area contributed by atoms with Crippen molar-refractivity contribution in [3.8, 4) is 0 Å². The Kier molecular flexibility index (Phi) is 7.85. The fraction of sp³-hybridized carbons (Fsp3) is 0.917. The van der Waals surface area contributed by atoms with Gasteiger partial charge in [0, 0.05) is 24.5 Å². The van der Waals surface area contributed by atoms with Gasteiger partial charge in [-0.15, -0.1) is 0 Å². The molecule has 96 valence electrons. The Morgan fingerprint density at radius 1 is 1.38 bits per heavy atom. The maximum atomic E-state index is 11.5. The monoisotopic (exact) mass is 246 g/mol. The average molecular weight is 246 g/mol. The van der Waals surface area contributed by atoms with E-state index in [4.69, 9.17) is 0 Å². The first-order chi connectivity index (χ1) is 7.35. The maximum Gasteiger partial charge on any atom is 0.221 e. The van der Waals surface area contributed by atoms with Gasteiger partial charge in [0.1, 0.15) is 0 Å². The Bertz CT molecular complexity index is 202. The van der Waals surface area contributed by atoms with E-state index in [0.29, 0.717) is 6.42 Å². The maximum absolute atomic E-state index is 11.5. The molecule has 0 aliphatic rings. The van der Waals surface area contributed by atoms with Crippen LogP contribution >= 0.6 is 11.8 Å². The van der Waals surface area contributed by atoms with E-state index in [2.05, 4.69) is 44.6 Å². The summed E-state index contributed by atoms with van der Waals surface area (Å²) in [5.41, 5.74) is 0.0880. The third kappa shape index (κ3) is 10.3. The summed E-state index contributed by atoms with van der Waals surface area (Å²) >= 11 is 1.81. The molecule has 1 unspecified atom stereocenters. The zero-order valence-corrected chi connectivity index (χ0v) is 12.0. The van der Waals surface area contributed by atoms with Crippen LogP contribution in [0.15, 0.2) is 0 Å². The van der Waals surface area contributed by atoms with Gasteiger partial charge in [0.25, 0.3) is 0 Å². The standard InChI is InChI=1S/C12H26N2OS/c1-10(7-9-16-5)14-11(15)6-8-13-12(2,3)4/h10,13H,6-9H2,1-5H3,(H,14,15). The second kappa shape index (κ2) is 7.96. The summed E-state index contributed by atoms with van der Waals surface area (Å²) < 4.78 is 0. The molecule has 0 radical (unpaired) electrons. The number of thioether (sulfide) groups is 1. The predicted octanol–water partition coefficient (Wildman–Crippen LogP) is 2.02. The van der Waals surface area contributed by atoms with Crippen molar-refractivity contribution in [2.24, 2.45) is 0 Å². The van der Waals surface area contributed by atoms with E-state index in [0.717, 1.165) is 18.7 Å². The van der Waals surface area contributed by atoms with E-state index in [1.165, 1.54) is 0 Å². The summed E-state index contributed by atoms with van der Waals surface area (Å²) in [4.78, 5) is 11.5. The smallest absolute Gasteiger partial charge is 0.221 e. The highest BCUT2D eigenvalue weighted by Gasteiger charge is 2.10. The lowest BCUT2D eigenvalue weighted by Crippen LogP contribution is -2.40. The van der Waals surface area contributed by atoms with Gasteiger partial charge in [0.2, 0.25) is 5.91 Å². The van der Waals surface area contributed by atoms with Gasteiger partial charge in [-0.2, -0.15) is 11.8 Å². The molecular weight excluding hydrogens is 220 g/mol. The predicted molar refractivity (Wildman–Crippen MR) is 73.0 cm³/mol. The highest BCUT2D eigenvalue weighted by molar-refractivity contribution is 7.98. The molecule has 0 fully saturated rings. The van der Waals surface area contributed by atoms with E-state index in [9.17, 15) is 4.79 Å². The van der Waals surface area contributed by atoms with Gasteiger partial charge in [0.15, 0.2) is 0 Å².